The van der Waals surface area contributed by atoms with Gasteiger partial charge in [-0.3, -0.25) is 24.2 Å². The molecule has 3 aromatic rings. The van der Waals surface area contributed by atoms with Crippen LogP contribution >= 0.6 is 34.8 Å². The van der Waals surface area contributed by atoms with Crippen LogP contribution in [0.3, 0.4) is 0 Å². The number of ether oxygens (including phenoxy) is 1. The fourth-order valence-corrected chi connectivity index (χ4v) is 9.22. The predicted molar refractivity (Wildman–Crippen MR) is 176 cm³/mol. The highest BCUT2D eigenvalue weighted by atomic mass is 35.5. The number of nitrogens with zero attached hydrogens (tertiary/aromatic N) is 4. The Labute approximate surface area is 318 Å². The van der Waals surface area contributed by atoms with E-state index in [0.29, 0.717) is 16.1 Å². The second kappa shape index (κ2) is 12.7. The van der Waals surface area contributed by atoms with Crippen molar-refractivity contribution in [3.8, 4) is 11.5 Å². The highest BCUT2D eigenvalue weighted by Crippen LogP contribution is 2.67. The molecule has 55 heavy (non-hydrogen) atoms. The van der Waals surface area contributed by atoms with Crippen molar-refractivity contribution in [1.82, 2.24) is 9.99 Å². The number of carbonyl (C=O) groups excluding carboxylic acids is 4. The number of carbonyl (C=O) groups is 4. The first-order valence-corrected chi connectivity index (χ1v) is 17.0. The van der Waals surface area contributed by atoms with Gasteiger partial charge in [0.15, 0.2) is 38.8 Å². The van der Waals surface area contributed by atoms with Crippen molar-refractivity contribution in [1.29, 1.82) is 0 Å². The Morgan fingerprint density at radius 2 is 1.53 bits per heavy atom. The van der Waals surface area contributed by atoms with Gasteiger partial charge < -0.3 is 9.84 Å². The average molecular weight is 840 g/mol. The first-order chi connectivity index (χ1) is 25.6. The Kier molecular flexibility index (Phi) is 8.89. The molecule has 0 bridgehead atoms. The van der Waals surface area contributed by atoms with Crippen LogP contribution < -0.4 is 14.6 Å². The van der Waals surface area contributed by atoms with Crippen molar-refractivity contribution in [2.24, 2.45) is 17.8 Å². The summed E-state index contributed by atoms with van der Waals surface area (Å²) in [5.41, 5.74) is -3.76. The molecule has 4 amide bonds. The Hall–Kier alpha value is -4.68. The topological polar surface area (TPSA) is 120 Å². The van der Waals surface area contributed by atoms with Crippen molar-refractivity contribution in [2.75, 3.05) is 24.1 Å². The van der Waals surface area contributed by atoms with E-state index < -0.39 is 122 Å². The van der Waals surface area contributed by atoms with Crippen LogP contribution in [0.1, 0.15) is 30.0 Å². The van der Waals surface area contributed by atoms with E-state index in [0.717, 1.165) is 26.3 Å². The van der Waals surface area contributed by atoms with Crippen molar-refractivity contribution in [3.05, 3.63) is 87.3 Å². The lowest BCUT2D eigenvalue weighted by molar-refractivity contribution is -0.141. The van der Waals surface area contributed by atoms with Gasteiger partial charge in [0.25, 0.3) is 23.6 Å². The SMILES string of the molecule is COc1cccc(O)c1[C@H]1C2=CC[C@@H]3C(=O)N(N(C)c4nc(C(F)(F)F)ccc4Cl)C(=O)[C@@H]3[C@@H]2C[C@@]2(Cl)C(=O)N(c3c(F)c(F)c(F)c(F)c3F)C(=O)[C@@]12Cl. The molecule has 290 valence electrons. The second-order valence-corrected chi connectivity index (χ2v) is 14.7. The minimum absolute atomic E-state index is 0.0198. The number of halogens is 11. The van der Waals surface area contributed by atoms with Gasteiger partial charge in [-0.05, 0) is 43.0 Å². The summed E-state index contributed by atoms with van der Waals surface area (Å²) in [4.78, 5) is 54.3. The zero-order chi connectivity index (χ0) is 40.4. The number of anilines is 2. The number of hydrogen-bond donors (Lipinski definition) is 1. The number of amides is 4. The number of fused-ring (bicyclic) bond motifs is 4. The Morgan fingerprint density at radius 3 is 2.13 bits per heavy atom. The summed E-state index contributed by atoms with van der Waals surface area (Å²) in [6.07, 6.45) is -4.79. The van der Waals surface area contributed by atoms with Crippen molar-refractivity contribution >= 4 is 69.9 Å². The van der Waals surface area contributed by atoms with E-state index in [-0.39, 0.29) is 33.2 Å². The zero-order valence-corrected chi connectivity index (χ0v) is 29.9. The number of phenolic OH excluding ortho intramolecular Hbond substituents is 1. The Morgan fingerprint density at radius 1 is 0.909 bits per heavy atom. The lowest BCUT2D eigenvalue weighted by Crippen LogP contribution is -2.60. The highest BCUT2D eigenvalue weighted by Gasteiger charge is 2.77. The van der Waals surface area contributed by atoms with Crippen molar-refractivity contribution in [3.63, 3.8) is 0 Å². The van der Waals surface area contributed by atoms with Crippen LogP contribution in [-0.4, -0.2) is 62.6 Å². The fourth-order valence-electron chi connectivity index (χ4n) is 8.07. The van der Waals surface area contributed by atoms with Crippen molar-refractivity contribution < 1.29 is 64.1 Å². The van der Waals surface area contributed by atoms with Gasteiger partial charge in [-0.2, -0.15) is 18.2 Å². The molecule has 2 aliphatic heterocycles. The summed E-state index contributed by atoms with van der Waals surface area (Å²) in [7, 11) is 2.18. The molecule has 10 nitrogen and oxygen atoms in total. The number of alkyl halides is 5. The largest absolute Gasteiger partial charge is 0.508 e. The van der Waals surface area contributed by atoms with E-state index in [1.54, 1.807) is 0 Å². The number of rotatable bonds is 5. The van der Waals surface area contributed by atoms with E-state index in [9.17, 15) is 50.6 Å². The van der Waals surface area contributed by atoms with Crippen LogP contribution in [0.2, 0.25) is 5.02 Å². The molecule has 7 rings (SSSR count). The summed E-state index contributed by atoms with van der Waals surface area (Å²) in [6, 6.07) is 5.13. The lowest BCUT2D eigenvalue weighted by atomic mass is 9.56. The van der Waals surface area contributed by atoms with Crippen LogP contribution in [0.5, 0.6) is 11.5 Å². The fraction of sp³-hybridized carbons (Fsp3) is 0.324. The number of pyridine rings is 1. The molecule has 2 aliphatic carbocycles. The molecule has 6 atom stereocenters. The van der Waals surface area contributed by atoms with Gasteiger partial charge in [0, 0.05) is 18.5 Å². The molecule has 2 aromatic carbocycles. The summed E-state index contributed by atoms with van der Waals surface area (Å²) < 4.78 is 120. The number of methoxy groups -OCH3 is 1. The highest BCUT2D eigenvalue weighted by molar-refractivity contribution is 6.58. The van der Waals surface area contributed by atoms with Gasteiger partial charge in [0.2, 0.25) is 5.82 Å². The Bertz CT molecular complexity index is 2270. The minimum atomic E-state index is -4.95. The first kappa shape index (κ1) is 38.6. The second-order valence-electron chi connectivity index (χ2n) is 13.1. The maximum Gasteiger partial charge on any atom is 0.433 e. The molecule has 21 heteroatoms. The van der Waals surface area contributed by atoms with E-state index in [1.807, 2.05) is 0 Å². The number of allylic oxidation sites excluding steroid dienone is 2. The number of aromatic hydroxyl groups is 1. The first-order valence-electron chi connectivity index (χ1n) is 15.8. The van der Waals surface area contributed by atoms with Gasteiger partial charge in [0.05, 0.1) is 24.0 Å². The van der Waals surface area contributed by atoms with Crippen LogP contribution in [0.4, 0.5) is 46.6 Å². The van der Waals surface area contributed by atoms with E-state index in [1.165, 1.54) is 18.2 Å². The molecular weight excluding hydrogens is 819 g/mol. The molecule has 0 spiro atoms. The third-order valence-electron chi connectivity index (χ3n) is 10.5. The van der Waals surface area contributed by atoms with Gasteiger partial charge in [-0.1, -0.05) is 29.3 Å². The maximum atomic E-state index is 15.3. The van der Waals surface area contributed by atoms with Crippen LogP contribution in [0.25, 0.3) is 0 Å². The molecule has 1 aromatic heterocycles. The van der Waals surface area contributed by atoms with E-state index in [2.05, 4.69) is 4.98 Å². The quantitative estimate of drug-likeness (QED) is 0.0747. The normalized spacial score (nSPS) is 27.6. The number of benzene rings is 2. The van der Waals surface area contributed by atoms with Crippen LogP contribution in [0.15, 0.2) is 42.0 Å². The van der Waals surface area contributed by atoms with E-state index in [4.69, 9.17) is 39.5 Å². The van der Waals surface area contributed by atoms with Gasteiger partial charge in [-0.15, -0.1) is 23.2 Å². The molecule has 1 saturated carbocycles. The molecule has 4 aliphatic rings. The number of hydrogen-bond acceptors (Lipinski definition) is 8. The molecular formula is C34H21Cl3F8N4O6. The minimum Gasteiger partial charge on any atom is -0.508 e. The monoisotopic (exact) mass is 838 g/mol. The standard InChI is InChI=1S/C34H21Cl3F8N4O6/c1-47(27-14(35)8-9-17(46-27)34(43,44)45)49-28(51)12-7-6-11-13(18(12)29(49)52)10-32(36)30(53)48(26-24(41)22(39)21(38)23(40)25(26)42)31(54)33(32,37)20(11)19-15(50)4-3-5-16(19)55-2/h3-6,8-9,12-13,18,20,50H,7,10H2,1-2H3/t12-,13+,18-,20+,32+,33-/m0/s1. The van der Waals surface area contributed by atoms with Gasteiger partial charge in [-0.25, -0.2) is 31.8 Å². The average Bonchev–Trinajstić information content (AvgIpc) is 3.47. The van der Waals surface area contributed by atoms with Crippen LogP contribution in [-0.2, 0) is 25.4 Å². The molecule has 1 N–H and O–H groups in total. The molecule has 0 unspecified atom stereocenters. The van der Waals surface area contributed by atoms with Gasteiger partial charge in [0.1, 0.15) is 22.9 Å². The van der Waals surface area contributed by atoms with E-state index >= 15 is 8.78 Å². The van der Waals surface area contributed by atoms with Crippen molar-refractivity contribution in [2.45, 2.75) is 34.7 Å². The van der Waals surface area contributed by atoms with Gasteiger partial charge >= 0.3 is 6.18 Å². The third kappa shape index (κ3) is 5.09. The number of hydrazine groups is 1. The molecule has 3 fully saturated rings. The summed E-state index contributed by atoms with van der Waals surface area (Å²) in [5, 5.41) is 12.0. The maximum absolute atomic E-state index is 15.3. The lowest BCUT2D eigenvalue weighted by Gasteiger charge is -2.50. The summed E-state index contributed by atoms with van der Waals surface area (Å²) >= 11 is 20.3. The predicted octanol–water partition coefficient (Wildman–Crippen LogP) is 6.78. The Balaban J connectivity index is 1.41. The smallest absolute Gasteiger partial charge is 0.433 e. The summed E-state index contributed by atoms with van der Waals surface area (Å²) in [5.74, 6) is -25.9. The summed E-state index contributed by atoms with van der Waals surface area (Å²) in [6.45, 7) is 0. The molecule has 2 saturated heterocycles. The number of phenols is 1. The third-order valence-corrected chi connectivity index (χ3v) is 12.2. The zero-order valence-electron chi connectivity index (χ0n) is 27.6. The molecule has 3 heterocycles. The molecule has 0 radical (unpaired) electrons. The number of aromatic nitrogens is 1. The van der Waals surface area contributed by atoms with Crippen LogP contribution in [0, 0.1) is 46.8 Å². The number of imide groups is 2.